The average molecular weight is 1150 g/mol. The zero-order valence-corrected chi connectivity index (χ0v) is 50.5. The minimum absolute atomic E-state index is 0.0121. The van der Waals surface area contributed by atoms with Crippen LogP contribution in [0, 0.1) is 11.8 Å². The number of aromatic nitrogens is 2. The van der Waals surface area contributed by atoms with Crippen molar-refractivity contribution in [3.63, 3.8) is 0 Å². The largest absolute Gasteiger partial charge is 0.394 e. The molecule has 0 saturated heterocycles. The molecule has 0 aliphatic carbocycles. The third kappa shape index (κ3) is 44.4. The Morgan fingerprint density at radius 3 is 1.32 bits per heavy atom. The van der Waals surface area contributed by atoms with E-state index in [0.717, 1.165) is 24.7 Å². The molecule has 0 spiro atoms. The number of aliphatic hydroxyl groups excluding tert-OH is 2. The number of nitrogens with one attached hydrogen (secondary N) is 1. The van der Waals surface area contributed by atoms with Gasteiger partial charge in [0.15, 0.2) is 0 Å². The van der Waals surface area contributed by atoms with Crippen LogP contribution in [0.3, 0.4) is 0 Å². The number of aliphatic hydroxyl groups is 2. The number of rotatable bonds is 52. The predicted molar refractivity (Wildman–Crippen MR) is 311 cm³/mol. The summed E-state index contributed by atoms with van der Waals surface area (Å²) in [5.41, 5.74) is 10.4. The van der Waals surface area contributed by atoms with Crippen LogP contribution in [0.4, 0.5) is 10.6 Å². The first-order valence-electron chi connectivity index (χ1n) is 29.8. The Morgan fingerprint density at radius 2 is 0.949 bits per heavy atom. The number of nitrogen functional groups attached to an aromatic ring is 1. The molecule has 22 heteroatoms. The molecule has 5 unspecified atom stereocenters. The van der Waals surface area contributed by atoms with E-state index in [0.29, 0.717) is 39.3 Å². The van der Waals surface area contributed by atoms with E-state index in [9.17, 15) is 38.7 Å². The zero-order valence-electron chi connectivity index (χ0n) is 48.7. The van der Waals surface area contributed by atoms with E-state index in [1.165, 1.54) is 182 Å². The van der Waals surface area contributed by atoms with Gasteiger partial charge < -0.3 is 64.8 Å². The second kappa shape index (κ2) is 48.3. The minimum atomic E-state index is -3.99. The van der Waals surface area contributed by atoms with Crippen LogP contribution in [0.15, 0.2) is 29.3 Å². The lowest BCUT2D eigenvalue weighted by Crippen LogP contribution is -2.51. The SMILES string of the molecule is CC(C)CCCCCCCCCCCCCCOCCCOP(=O)(O)COC(CO)CN1C=CC(N)NC1=O.CC(C)CCCCCCCCCCCCCCOCCCOP(=O)(O)COC(CO)Cn1ccc(N)nc1=O. The molecule has 0 fully saturated rings. The lowest BCUT2D eigenvalue weighted by atomic mass is 10.0. The van der Waals surface area contributed by atoms with E-state index < -0.39 is 71.2 Å². The van der Waals surface area contributed by atoms with Crippen molar-refractivity contribution in [1.29, 1.82) is 0 Å². The Hall–Kier alpha value is -2.29. The third-order valence-corrected chi connectivity index (χ3v) is 15.3. The summed E-state index contributed by atoms with van der Waals surface area (Å²) >= 11 is 0. The molecule has 20 nitrogen and oxygen atoms in total. The number of ether oxygens (including phenoxy) is 4. The minimum Gasteiger partial charge on any atom is -0.394 e. The van der Waals surface area contributed by atoms with E-state index in [4.69, 9.17) is 39.5 Å². The van der Waals surface area contributed by atoms with Gasteiger partial charge >= 0.3 is 26.9 Å². The highest BCUT2D eigenvalue weighted by Gasteiger charge is 2.26. The van der Waals surface area contributed by atoms with E-state index in [1.807, 2.05) is 0 Å². The van der Waals surface area contributed by atoms with Crippen molar-refractivity contribution in [1.82, 2.24) is 19.8 Å². The molecule has 1 aromatic heterocycles. The highest BCUT2D eigenvalue weighted by Crippen LogP contribution is 2.43. The van der Waals surface area contributed by atoms with Gasteiger partial charge in [-0.15, -0.1) is 0 Å². The summed E-state index contributed by atoms with van der Waals surface area (Å²) in [5, 5.41) is 21.5. The maximum absolute atomic E-state index is 12.2. The smallest absolute Gasteiger partial charge is 0.353 e. The van der Waals surface area contributed by atoms with Gasteiger partial charge in [0.2, 0.25) is 0 Å². The second-order valence-corrected chi connectivity index (χ2v) is 25.3. The van der Waals surface area contributed by atoms with Gasteiger partial charge in [-0.25, -0.2) is 9.59 Å². The topological polar surface area (TPSA) is 290 Å². The molecule has 0 saturated carbocycles. The Labute approximate surface area is 469 Å². The lowest BCUT2D eigenvalue weighted by Gasteiger charge is -2.28. The third-order valence-electron chi connectivity index (χ3n) is 13.2. The van der Waals surface area contributed by atoms with E-state index in [-0.39, 0.29) is 32.1 Å². The van der Waals surface area contributed by atoms with Crippen molar-refractivity contribution in [2.75, 3.05) is 77.8 Å². The van der Waals surface area contributed by atoms with Crippen LogP contribution in [0.5, 0.6) is 0 Å². The van der Waals surface area contributed by atoms with Crippen molar-refractivity contribution in [2.24, 2.45) is 17.6 Å². The van der Waals surface area contributed by atoms with Gasteiger partial charge in [0, 0.05) is 38.8 Å². The first-order valence-corrected chi connectivity index (χ1v) is 33.4. The van der Waals surface area contributed by atoms with E-state index >= 15 is 0 Å². The van der Waals surface area contributed by atoms with Crippen molar-refractivity contribution in [3.05, 3.63) is 35.0 Å². The van der Waals surface area contributed by atoms with Crippen molar-refractivity contribution in [3.8, 4) is 0 Å². The summed E-state index contributed by atoms with van der Waals surface area (Å²) in [6, 6.07) is 1.01. The number of amides is 2. The van der Waals surface area contributed by atoms with Gasteiger partial charge in [0.1, 0.15) is 18.5 Å². The van der Waals surface area contributed by atoms with Crippen LogP contribution >= 0.6 is 15.2 Å². The number of nitrogens with two attached hydrogens (primary N) is 2. The molecule has 2 rings (SSSR count). The summed E-state index contributed by atoms with van der Waals surface area (Å²) in [4.78, 5) is 48.4. The summed E-state index contributed by atoms with van der Waals surface area (Å²) < 4.78 is 57.6. The maximum Gasteiger partial charge on any atom is 0.353 e. The quantitative estimate of drug-likeness (QED) is 0.0236. The number of carbonyl (C=O) groups excluding carboxylic acids is 1. The van der Waals surface area contributed by atoms with Crippen molar-refractivity contribution >= 4 is 27.0 Å². The molecule has 9 N–H and O–H groups in total. The fourth-order valence-electron chi connectivity index (χ4n) is 8.49. The van der Waals surface area contributed by atoms with Gasteiger partial charge in [-0.3, -0.25) is 18.6 Å². The molecule has 78 heavy (non-hydrogen) atoms. The molecular weight excluding hydrogens is 1040 g/mol. The van der Waals surface area contributed by atoms with Crippen LogP contribution in [-0.4, -0.2) is 131 Å². The first kappa shape index (κ1) is 73.7. The summed E-state index contributed by atoms with van der Waals surface area (Å²) in [7, 11) is -7.97. The monoisotopic (exact) mass is 1150 g/mol. The Balaban J connectivity index is 0.000000780. The highest BCUT2D eigenvalue weighted by atomic mass is 31.2. The van der Waals surface area contributed by atoms with Gasteiger partial charge in [0.25, 0.3) is 0 Å². The molecule has 0 bridgehead atoms. The Kier molecular flexibility index (Phi) is 45.6. The molecule has 2 amide bonds. The number of hydrogen-bond acceptors (Lipinski definition) is 15. The second-order valence-electron chi connectivity index (χ2n) is 21.7. The Bertz CT molecular complexity index is 1780. The molecule has 1 aromatic rings. The number of urea groups is 1. The number of unbranched alkanes of at least 4 members (excludes halogenated alkanes) is 22. The van der Waals surface area contributed by atoms with Gasteiger partial charge in [0.05, 0.1) is 57.9 Å². The van der Waals surface area contributed by atoms with Gasteiger partial charge in [-0.2, -0.15) is 4.98 Å². The fraction of sp³-hybridized carbons (Fsp3) is 0.875. The average Bonchev–Trinajstić information content (AvgIpc) is 3.39. The van der Waals surface area contributed by atoms with Crippen LogP contribution in [0.25, 0.3) is 0 Å². The van der Waals surface area contributed by atoms with Crippen molar-refractivity contribution in [2.45, 2.75) is 232 Å². The number of hydrogen-bond donors (Lipinski definition) is 7. The zero-order chi connectivity index (χ0) is 57.5. The normalized spacial score (nSPS) is 16.0. The van der Waals surface area contributed by atoms with Crippen molar-refractivity contribution < 1.29 is 61.9 Å². The molecule has 0 aromatic carbocycles. The number of anilines is 1. The summed E-state index contributed by atoms with van der Waals surface area (Å²) in [6.45, 7) is 10.8. The van der Waals surface area contributed by atoms with E-state index in [1.54, 1.807) is 6.08 Å². The first-order chi connectivity index (χ1) is 37.5. The van der Waals surface area contributed by atoms with Gasteiger partial charge in [-0.05, 0) is 49.7 Å². The summed E-state index contributed by atoms with van der Waals surface area (Å²) in [6.07, 6.45) is 36.3. The Morgan fingerprint density at radius 1 is 0.577 bits per heavy atom. The van der Waals surface area contributed by atoms with Crippen LogP contribution in [-0.2, 0) is 43.7 Å². The highest BCUT2D eigenvalue weighted by molar-refractivity contribution is 7.52. The molecular formula is C56H110N6O14P2. The van der Waals surface area contributed by atoms with E-state index in [2.05, 4.69) is 38.0 Å². The standard InChI is InChI=1S/C28H56N3O7P.C28H54N3O7P/c2*1-25(2)16-13-11-9-7-5-3-4-6-8-10-12-14-19-36-20-15-21-38-39(34,35)24-37-26(23-32)22-31-18-17-27(29)30-28(31)33/h17-18,25-27,32H,3-16,19-24,29H2,1-2H3,(H,30,33)(H,34,35);17-18,25-26,32H,3-16,19-24H2,1-2H3,(H,34,35)(H2,29,30,33). The lowest BCUT2D eigenvalue weighted by molar-refractivity contribution is 0.0162. The van der Waals surface area contributed by atoms with Crippen LogP contribution in [0.1, 0.15) is 207 Å². The molecule has 5 atom stereocenters. The molecule has 0 radical (unpaired) electrons. The predicted octanol–water partition coefficient (Wildman–Crippen LogP) is 11.0. The molecule has 1 aliphatic heterocycles. The van der Waals surface area contributed by atoms with Gasteiger partial charge in [-0.1, -0.05) is 182 Å². The number of nitrogens with zero attached hydrogens (tertiary/aromatic N) is 3. The molecule has 2 heterocycles. The molecule has 1 aliphatic rings. The summed E-state index contributed by atoms with van der Waals surface area (Å²) in [5.74, 6) is 1.77. The van der Waals surface area contributed by atoms with Crippen LogP contribution in [0.2, 0.25) is 0 Å². The molecule has 458 valence electrons. The maximum atomic E-state index is 12.2. The fourth-order valence-corrected chi connectivity index (χ4v) is 10.3. The van der Waals surface area contributed by atoms with Crippen LogP contribution < -0.4 is 22.5 Å². The number of carbonyl (C=O) groups is 1.